The SMILES string of the molecule is CN(C)C(=O)c1c(OCC[C@@H](O)CO)cc(F)cc1N(C)c1ccc(I)cc1F. The van der Waals surface area contributed by atoms with Crippen molar-refractivity contribution in [2.24, 2.45) is 0 Å². The summed E-state index contributed by atoms with van der Waals surface area (Å²) in [5.41, 5.74) is 0.377. The summed E-state index contributed by atoms with van der Waals surface area (Å²) in [5, 5.41) is 18.4. The van der Waals surface area contributed by atoms with Gasteiger partial charge in [0.15, 0.2) is 0 Å². The van der Waals surface area contributed by atoms with Gasteiger partial charge >= 0.3 is 0 Å². The third-order valence-electron chi connectivity index (χ3n) is 4.22. The van der Waals surface area contributed by atoms with Gasteiger partial charge in [-0.25, -0.2) is 8.78 Å². The minimum atomic E-state index is -0.986. The standard InChI is InChI=1S/C20H23F2IN2O4/c1-24(2)20(28)19-17(25(3)16-5-4-13(23)10-15(16)22)8-12(21)9-18(19)29-7-6-14(27)11-26/h4-5,8-10,14,26-27H,6-7,11H2,1-3H3/t14-/m1/s1. The summed E-state index contributed by atoms with van der Waals surface area (Å²) in [4.78, 5) is 15.5. The predicted octanol–water partition coefficient (Wildman–Crippen LogP) is 3.16. The molecule has 0 heterocycles. The van der Waals surface area contributed by atoms with Crippen LogP contribution < -0.4 is 9.64 Å². The molecule has 2 rings (SSSR count). The number of ether oxygens (including phenoxy) is 1. The highest BCUT2D eigenvalue weighted by Crippen LogP contribution is 2.36. The Morgan fingerprint density at radius 3 is 2.45 bits per heavy atom. The molecule has 1 amide bonds. The number of rotatable bonds is 8. The molecule has 1 atom stereocenters. The van der Waals surface area contributed by atoms with Crippen LogP contribution in [0.2, 0.25) is 0 Å². The minimum absolute atomic E-state index is 0.0263. The van der Waals surface area contributed by atoms with Crippen LogP contribution in [0, 0.1) is 15.2 Å². The summed E-state index contributed by atoms with van der Waals surface area (Å²) < 4.78 is 35.1. The number of hydrogen-bond acceptors (Lipinski definition) is 5. The van der Waals surface area contributed by atoms with Gasteiger partial charge in [-0.2, -0.15) is 0 Å². The molecule has 6 nitrogen and oxygen atoms in total. The van der Waals surface area contributed by atoms with Crippen LogP contribution in [-0.2, 0) is 0 Å². The molecule has 2 aromatic carbocycles. The van der Waals surface area contributed by atoms with Crippen LogP contribution in [0.3, 0.4) is 0 Å². The van der Waals surface area contributed by atoms with Gasteiger partial charge in [0, 0.05) is 37.2 Å². The average Bonchev–Trinajstić information content (AvgIpc) is 2.66. The molecular weight excluding hydrogens is 497 g/mol. The van der Waals surface area contributed by atoms with Crippen molar-refractivity contribution in [1.29, 1.82) is 0 Å². The molecular formula is C20H23F2IN2O4. The highest BCUT2D eigenvalue weighted by Gasteiger charge is 2.25. The molecule has 0 bridgehead atoms. The van der Waals surface area contributed by atoms with E-state index < -0.39 is 30.3 Å². The van der Waals surface area contributed by atoms with Crippen molar-refractivity contribution >= 4 is 39.9 Å². The third-order valence-corrected chi connectivity index (χ3v) is 4.89. The van der Waals surface area contributed by atoms with Crippen molar-refractivity contribution in [2.75, 3.05) is 39.3 Å². The normalized spacial score (nSPS) is 11.9. The van der Waals surface area contributed by atoms with E-state index in [9.17, 15) is 18.7 Å². The van der Waals surface area contributed by atoms with Crippen molar-refractivity contribution < 1.29 is 28.5 Å². The van der Waals surface area contributed by atoms with E-state index in [0.717, 1.165) is 12.1 Å². The van der Waals surface area contributed by atoms with E-state index >= 15 is 0 Å². The molecule has 29 heavy (non-hydrogen) atoms. The molecule has 2 aromatic rings. The maximum Gasteiger partial charge on any atom is 0.259 e. The Labute approximate surface area is 181 Å². The number of aliphatic hydroxyl groups excluding tert-OH is 2. The smallest absolute Gasteiger partial charge is 0.259 e. The van der Waals surface area contributed by atoms with Gasteiger partial charge in [-0.15, -0.1) is 0 Å². The molecule has 0 fully saturated rings. The summed E-state index contributed by atoms with van der Waals surface area (Å²) in [7, 11) is 4.62. The molecule has 2 N–H and O–H groups in total. The third kappa shape index (κ3) is 5.77. The molecule has 0 aromatic heterocycles. The van der Waals surface area contributed by atoms with Crippen molar-refractivity contribution in [3.05, 3.63) is 51.1 Å². The molecule has 0 spiro atoms. The second kappa shape index (κ2) is 10.2. The lowest BCUT2D eigenvalue weighted by Crippen LogP contribution is -2.26. The second-order valence-electron chi connectivity index (χ2n) is 6.63. The number of carbonyl (C=O) groups excluding carboxylic acids is 1. The van der Waals surface area contributed by atoms with Gasteiger partial charge in [-0.05, 0) is 46.9 Å². The number of hydrogen-bond donors (Lipinski definition) is 2. The number of benzene rings is 2. The Balaban J connectivity index is 2.53. The maximum atomic E-state index is 14.5. The molecule has 0 aliphatic carbocycles. The van der Waals surface area contributed by atoms with Gasteiger partial charge in [0.05, 0.1) is 30.7 Å². The molecule has 0 saturated carbocycles. The number of aliphatic hydroxyl groups is 2. The van der Waals surface area contributed by atoms with Crippen LogP contribution in [0.15, 0.2) is 30.3 Å². The lowest BCUT2D eigenvalue weighted by molar-refractivity contribution is 0.0743. The maximum absolute atomic E-state index is 14.5. The molecule has 0 unspecified atom stereocenters. The van der Waals surface area contributed by atoms with Crippen LogP contribution in [-0.4, -0.2) is 61.5 Å². The molecule has 9 heteroatoms. The van der Waals surface area contributed by atoms with Crippen LogP contribution in [0.4, 0.5) is 20.2 Å². The van der Waals surface area contributed by atoms with Crippen LogP contribution >= 0.6 is 22.6 Å². The number of carbonyl (C=O) groups is 1. The zero-order valence-corrected chi connectivity index (χ0v) is 18.5. The molecule has 0 aliphatic heterocycles. The second-order valence-corrected chi connectivity index (χ2v) is 7.87. The molecule has 0 aliphatic rings. The van der Waals surface area contributed by atoms with E-state index in [-0.39, 0.29) is 35.7 Å². The summed E-state index contributed by atoms with van der Waals surface area (Å²) >= 11 is 1.98. The summed E-state index contributed by atoms with van der Waals surface area (Å²) in [6.07, 6.45) is -0.890. The van der Waals surface area contributed by atoms with E-state index in [2.05, 4.69) is 0 Å². The highest BCUT2D eigenvalue weighted by molar-refractivity contribution is 14.1. The van der Waals surface area contributed by atoms with Crippen LogP contribution in [0.1, 0.15) is 16.8 Å². The zero-order chi connectivity index (χ0) is 21.7. The first-order chi connectivity index (χ1) is 13.6. The Morgan fingerprint density at radius 2 is 1.86 bits per heavy atom. The van der Waals surface area contributed by atoms with Crippen LogP contribution in [0.5, 0.6) is 5.75 Å². The van der Waals surface area contributed by atoms with Gasteiger partial charge in [0.2, 0.25) is 0 Å². The van der Waals surface area contributed by atoms with Gasteiger partial charge in [0.25, 0.3) is 5.91 Å². The minimum Gasteiger partial charge on any atom is -0.492 e. The largest absolute Gasteiger partial charge is 0.492 e. The zero-order valence-electron chi connectivity index (χ0n) is 16.3. The fraction of sp³-hybridized carbons (Fsp3) is 0.350. The lowest BCUT2D eigenvalue weighted by Gasteiger charge is -2.26. The topological polar surface area (TPSA) is 73.2 Å². The average molecular weight is 520 g/mol. The Bertz CT molecular complexity index is 880. The van der Waals surface area contributed by atoms with Gasteiger partial charge in [-0.3, -0.25) is 4.79 Å². The quantitative estimate of drug-likeness (QED) is 0.524. The van der Waals surface area contributed by atoms with Gasteiger partial charge in [0.1, 0.15) is 22.9 Å². The number of halogens is 3. The fourth-order valence-corrected chi connectivity index (χ4v) is 3.12. The molecule has 158 valence electrons. The predicted molar refractivity (Wildman–Crippen MR) is 115 cm³/mol. The first-order valence-electron chi connectivity index (χ1n) is 8.81. The van der Waals surface area contributed by atoms with E-state index in [1.54, 1.807) is 26.2 Å². The van der Waals surface area contributed by atoms with E-state index in [1.807, 2.05) is 22.6 Å². The highest BCUT2D eigenvalue weighted by atomic mass is 127. The van der Waals surface area contributed by atoms with Gasteiger partial charge < -0.3 is 24.7 Å². The first kappa shape index (κ1) is 23.3. The monoisotopic (exact) mass is 520 g/mol. The van der Waals surface area contributed by atoms with Crippen molar-refractivity contribution in [1.82, 2.24) is 4.90 Å². The molecule has 0 radical (unpaired) electrons. The summed E-state index contributed by atoms with van der Waals surface area (Å²) in [5.74, 6) is -1.65. The van der Waals surface area contributed by atoms with Crippen molar-refractivity contribution in [2.45, 2.75) is 12.5 Å². The number of anilines is 2. The summed E-state index contributed by atoms with van der Waals surface area (Å²) in [6.45, 7) is -0.476. The molecule has 0 saturated heterocycles. The Hall–Kier alpha value is -1.98. The lowest BCUT2D eigenvalue weighted by atomic mass is 10.1. The van der Waals surface area contributed by atoms with Crippen LogP contribution in [0.25, 0.3) is 0 Å². The summed E-state index contributed by atoms with van der Waals surface area (Å²) in [6, 6.07) is 6.81. The first-order valence-corrected chi connectivity index (χ1v) is 9.89. The van der Waals surface area contributed by atoms with Gasteiger partial charge in [-0.1, -0.05) is 0 Å². The van der Waals surface area contributed by atoms with E-state index in [1.165, 1.54) is 22.9 Å². The Kier molecular flexibility index (Phi) is 8.17. The Morgan fingerprint density at radius 1 is 1.17 bits per heavy atom. The number of nitrogens with zero attached hydrogens (tertiary/aromatic N) is 2. The van der Waals surface area contributed by atoms with Crippen molar-refractivity contribution in [3.63, 3.8) is 0 Å². The van der Waals surface area contributed by atoms with E-state index in [4.69, 9.17) is 9.84 Å². The fourth-order valence-electron chi connectivity index (χ4n) is 2.66. The van der Waals surface area contributed by atoms with Crippen molar-refractivity contribution in [3.8, 4) is 5.75 Å². The van der Waals surface area contributed by atoms with E-state index in [0.29, 0.717) is 3.57 Å². The number of amides is 1.